The number of hydrogen-bond acceptors (Lipinski definition) is 3. The minimum atomic E-state index is -0.832. The molecule has 1 aliphatic rings. The van der Waals surface area contributed by atoms with Crippen LogP contribution < -0.4 is 11.5 Å². The lowest BCUT2D eigenvalue weighted by Crippen LogP contribution is -2.51. The van der Waals surface area contributed by atoms with Crippen molar-refractivity contribution in [1.82, 2.24) is 14.7 Å². The van der Waals surface area contributed by atoms with Gasteiger partial charge in [0.05, 0.1) is 23.3 Å². The molecule has 2 atom stereocenters. The van der Waals surface area contributed by atoms with E-state index < -0.39 is 41.9 Å². The van der Waals surface area contributed by atoms with Gasteiger partial charge < -0.3 is 16.4 Å². The minimum absolute atomic E-state index is 0.00322. The molecule has 3 rings (SSSR count). The van der Waals surface area contributed by atoms with Gasteiger partial charge in [-0.2, -0.15) is 5.10 Å². The maximum absolute atomic E-state index is 13.8. The number of amides is 3. The van der Waals surface area contributed by atoms with E-state index in [1.165, 1.54) is 27.8 Å². The number of carbonyl (C=O) groups is 2. The summed E-state index contributed by atoms with van der Waals surface area (Å²) in [5.74, 6) is -1.30. The third kappa shape index (κ3) is 3.21. The first-order valence-electron chi connectivity index (χ1n) is 8.86. The monoisotopic (exact) mass is 391 g/mol. The SMILES string of the molecule is CC(C)(C)C1c2c(C(N)=O)c(-c3cccc(F)c3)nn2C(CF)CN1C(N)=O. The fourth-order valence-electron chi connectivity index (χ4n) is 3.84. The molecule has 4 N–H and O–H groups in total. The molecule has 0 bridgehead atoms. The number of halogens is 2. The van der Waals surface area contributed by atoms with E-state index >= 15 is 0 Å². The highest BCUT2D eigenvalue weighted by Crippen LogP contribution is 2.45. The van der Waals surface area contributed by atoms with Gasteiger partial charge in [-0.1, -0.05) is 32.9 Å². The van der Waals surface area contributed by atoms with Crippen molar-refractivity contribution in [2.45, 2.75) is 32.9 Å². The Balaban J connectivity index is 2.36. The third-order valence-electron chi connectivity index (χ3n) is 4.90. The van der Waals surface area contributed by atoms with Gasteiger partial charge in [0.15, 0.2) is 0 Å². The summed E-state index contributed by atoms with van der Waals surface area (Å²) in [5.41, 5.74) is 11.5. The van der Waals surface area contributed by atoms with E-state index in [1.807, 2.05) is 20.8 Å². The molecular formula is C19H23F2N5O2. The van der Waals surface area contributed by atoms with Crippen LogP contribution >= 0.6 is 0 Å². The zero-order valence-electron chi connectivity index (χ0n) is 15.9. The summed E-state index contributed by atoms with van der Waals surface area (Å²) in [6, 6.07) is 3.34. The van der Waals surface area contributed by atoms with Gasteiger partial charge in [0.2, 0.25) is 0 Å². The number of hydrogen-bond donors (Lipinski definition) is 2. The number of nitrogens with zero attached hydrogens (tertiary/aromatic N) is 3. The molecule has 2 heterocycles. The fraction of sp³-hybridized carbons (Fsp3) is 0.421. The molecule has 0 radical (unpaired) electrons. The maximum atomic E-state index is 13.8. The number of primary amides is 2. The molecule has 28 heavy (non-hydrogen) atoms. The van der Waals surface area contributed by atoms with Crippen molar-refractivity contribution in [2.75, 3.05) is 13.2 Å². The van der Waals surface area contributed by atoms with Gasteiger partial charge in [-0.3, -0.25) is 9.48 Å². The second kappa shape index (κ2) is 6.88. The second-order valence-corrected chi connectivity index (χ2v) is 8.00. The predicted octanol–water partition coefficient (Wildman–Crippen LogP) is 2.78. The quantitative estimate of drug-likeness (QED) is 0.840. The molecule has 2 aromatic rings. The Morgan fingerprint density at radius 1 is 1.29 bits per heavy atom. The van der Waals surface area contributed by atoms with Crippen molar-refractivity contribution in [3.63, 3.8) is 0 Å². The largest absolute Gasteiger partial charge is 0.365 e. The molecule has 0 saturated carbocycles. The van der Waals surface area contributed by atoms with Crippen LogP contribution in [0, 0.1) is 11.2 Å². The van der Waals surface area contributed by atoms with Gasteiger partial charge in [0, 0.05) is 12.1 Å². The number of aromatic nitrogens is 2. The molecule has 0 saturated heterocycles. The van der Waals surface area contributed by atoms with Crippen LogP contribution in [0.2, 0.25) is 0 Å². The van der Waals surface area contributed by atoms with Gasteiger partial charge >= 0.3 is 6.03 Å². The van der Waals surface area contributed by atoms with Crippen molar-refractivity contribution in [2.24, 2.45) is 16.9 Å². The van der Waals surface area contributed by atoms with Crippen LogP contribution in [0.3, 0.4) is 0 Å². The lowest BCUT2D eigenvalue weighted by atomic mass is 9.80. The number of fused-ring (bicyclic) bond motifs is 1. The number of carbonyl (C=O) groups excluding carboxylic acids is 2. The molecule has 1 aliphatic heterocycles. The summed E-state index contributed by atoms with van der Waals surface area (Å²) in [4.78, 5) is 25.9. The van der Waals surface area contributed by atoms with Crippen molar-refractivity contribution < 1.29 is 18.4 Å². The molecule has 2 unspecified atom stereocenters. The van der Waals surface area contributed by atoms with E-state index in [9.17, 15) is 18.4 Å². The first-order chi connectivity index (χ1) is 13.1. The number of alkyl halides is 1. The van der Waals surface area contributed by atoms with Gasteiger partial charge in [-0.05, 0) is 17.5 Å². The molecule has 7 nitrogen and oxygen atoms in total. The first-order valence-corrected chi connectivity index (χ1v) is 8.86. The van der Waals surface area contributed by atoms with Crippen LogP contribution in [0.15, 0.2) is 24.3 Å². The second-order valence-electron chi connectivity index (χ2n) is 8.00. The first kappa shape index (κ1) is 19.8. The average Bonchev–Trinajstić information content (AvgIpc) is 2.99. The standard InChI is InChI=1S/C19H23F2N5O2/c1-19(2,3)16-15-13(17(22)27)14(10-5-4-6-11(21)7-10)24-26(15)12(8-20)9-25(16)18(23)28/h4-7,12,16H,8-9H2,1-3H3,(H2,22,27)(H2,23,28). The Bertz CT molecular complexity index is 935. The third-order valence-corrected chi connectivity index (χ3v) is 4.90. The van der Waals surface area contributed by atoms with E-state index in [0.29, 0.717) is 11.3 Å². The molecular weight excluding hydrogens is 368 g/mol. The predicted molar refractivity (Wildman–Crippen MR) is 99.6 cm³/mol. The molecule has 0 spiro atoms. The van der Waals surface area contributed by atoms with Crippen LogP contribution in [0.4, 0.5) is 13.6 Å². The number of nitrogens with two attached hydrogens (primary N) is 2. The summed E-state index contributed by atoms with van der Waals surface area (Å²) >= 11 is 0. The highest BCUT2D eigenvalue weighted by atomic mass is 19.1. The average molecular weight is 391 g/mol. The molecule has 1 aromatic heterocycles. The van der Waals surface area contributed by atoms with Crippen molar-refractivity contribution in [3.05, 3.63) is 41.3 Å². The zero-order valence-corrected chi connectivity index (χ0v) is 15.9. The van der Waals surface area contributed by atoms with Crippen LogP contribution in [-0.2, 0) is 0 Å². The van der Waals surface area contributed by atoms with Gasteiger partial charge in [0.1, 0.15) is 18.2 Å². The summed E-state index contributed by atoms with van der Waals surface area (Å²) in [7, 11) is 0. The Labute approximate surface area is 161 Å². The van der Waals surface area contributed by atoms with Gasteiger partial charge in [-0.25, -0.2) is 13.6 Å². The van der Waals surface area contributed by atoms with Crippen LogP contribution in [0.25, 0.3) is 11.3 Å². The molecule has 9 heteroatoms. The number of benzene rings is 1. The summed E-state index contributed by atoms with van der Waals surface area (Å²) in [6.07, 6.45) is 0. The molecule has 3 amide bonds. The molecule has 0 aliphatic carbocycles. The fourth-order valence-corrected chi connectivity index (χ4v) is 3.84. The van der Waals surface area contributed by atoms with Crippen LogP contribution in [-0.4, -0.2) is 39.8 Å². The Kier molecular flexibility index (Phi) is 4.86. The highest BCUT2D eigenvalue weighted by Gasteiger charge is 2.45. The Hall–Kier alpha value is -2.97. The Morgan fingerprint density at radius 2 is 1.96 bits per heavy atom. The summed E-state index contributed by atoms with van der Waals surface area (Å²) in [6.45, 7) is 4.79. The maximum Gasteiger partial charge on any atom is 0.315 e. The van der Waals surface area contributed by atoms with Gasteiger partial charge in [0.25, 0.3) is 5.91 Å². The number of rotatable bonds is 3. The van der Waals surface area contributed by atoms with E-state index in [1.54, 1.807) is 6.07 Å². The van der Waals surface area contributed by atoms with E-state index in [4.69, 9.17) is 11.5 Å². The topological polar surface area (TPSA) is 107 Å². The lowest BCUT2D eigenvalue weighted by Gasteiger charge is -2.45. The zero-order chi connectivity index (χ0) is 20.8. The smallest absolute Gasteiger partial charge is 0.315 e. The minimum Gasteiger partial charge on any atom is -0.365 e. The summed E-state index contributed by atoms with van der Waals surface area (Å²) in [5, 5.41) is 4.42. The molecule has 1 aromatic carbocycles. The van der Waals surface area contributed by atoms with Gasteiger partial charge in [-0.15, -0.1) is 0 Å². The molecule has 150 valence electrons. The summed E-state index contributed by atoms with van der Waals surface area (Å²) < 4.78 is 29.0. The van der Waals surface area contributed by atoms with Crippen molar-refractivity contribution in [3.8, 4) is 11.3 Å². The normalized spacial score (nSPS) is 19.4. The van der Waals surface area contributed by atoms with Crippen LogP contribution in [0.5, 0.6) is 0 Å². The highest BCUT2D eigenvalue weighted by molar-refractivity contribution is 6.00. The van der Waals surface area contributed by atoms with Crippen molar-refractivity contribution >= 4 is 11.9 Å². The van der Waals surface area contributed by atoms with Crippen LogP contribution in [0.1, 0.15) is 48.9 Å². The molecule has 0 fully saturated rings. The number of urea groups is 1. The van der Waals surface area contributed by atoms with Crippen molar-refractivity contribution in [1.29, 1.82) is 0 Å². The van der Waals surface area contributed by atoms with E-state index in [2.05, 4.69) is 5.10 Å². The van der Waals surface area contributed by atoms with E-state index in [0.717, 1.165) is 0 Å². The Morgan fingerprint density at radius 3 is 2.46 bits per heavy atom. The van der Waals surface area contributed by atoms with E-state index in [-0.39, 0.29) is 17.8 Å². The lowest BCUT2D eigenvalue weighted by molar-refractivity contribution is 0.0701.